The van der Waals surface area contributed by atoms with Crippen molar-refractivity contribution in [1.29, 1.82) is 0 Å². The van der Waals surface area contributed by atoms with Gasteiger partial charge in [-0.2, -0.15) is 0 Å². The Morgan fingerprint density at radius 2 is 1.89 bits per heavy atom. The average Bonchev–Trinajstić information content (AvgIpc) is 2.69. The van der Waals surface area contributed by atoms with Gasteiger partial charge in [-0.1, -0.05) is 35.5 Å². The number of anilines is 1. The van der Waals surface area contributed by atoms with Crippen molar-refractivity contribution in [1.82, 2.24) is 9.97 Å². The van der Waals surface area contributed by atoms with Gasteiger partial charge in [0.05, 0.1) is 11.6 Å². The molecule has 1 amide bonds. The first-order valence-electron chi connectivity index (χ1n) is 7.90. The SMILES string of the molecule is COc1ccc(NC(=O)c2nc(SCc3ccc(Cl)cc3)ncc2Br)cc1. The second-order valence-corrected chi connectivity index (χ2v) is 7.68. The van der Waals surface area contributed by atoms with Gasteiger partial charge >= 0.3 is 0 Å². The number of nitrogens with zero attached hydrogens (tertiary/aromatic N) is 2. The fraction of sp³-hybridized carbons (Fsp3) is 0.105. The number of nitrogens with one attached hydrogen (secondary N) is 1. The molecule has 0 aliphatic heterocycles. The zero-order valence-corrected chi connectivity index (χ0v) is 17.4. The molecule has 1 aromatic heterocycles. The number of thioether (sulfide) groups is 1. The van der Waals surface area contributed by atoms with Crippen molar-refractivity contribution >= 4 is 50.9 Å². The topological polar surface area (TPSA) is 64.1 Å². The van der Waals surface area contributed by atoms with Crippen LogP contribution in [0.1, 0.15) is 16.1 Å². The summed E-state index contributed by atoms with van der Waals surface area (Å²) in [6.07, 6.45) is 1.58. The molecule has 0 saturated heterocycles. The second-order valence-electron chi connectivity index (χ2n) is 5.45. The molecule has 2 aromatic carbocycles. The number of hydrogen-bond donors (Lipinski definition) is 1. The lowest BCUT2D eigenvalue weighted by Gasteiger charge is -2.08. The zero-order chi connectivity index (χ0) is 19.2. The Kier molecular flexibility index (Phi) is 6.71. The third kappa shape index (κ3) is 5.45. The summed E-state index contributed by atoms with van der Waals surface area (Å²) in [5.74, 6) is 1.08. The van der Waals surface area contributed by atoms with E-state index in [-0.39, 0.29) is 11.6 Å². The number of carbonyl (C=O) groups excluding carboxylic acids is 1. The number of halogens is 2. The van der Waals surface area contributed by atoms with Crippen molar-refractivity contribution in [3.05, 3.63) is 75.5 Å². The maximum Gasteiger partial charge on any atom is 0.275 e. The molecule has 0 bridgehead atoms. The molecule has 27 heavy (non-hydrogen) atoms. The van der Waals surface area contributed by atoms with Crippen LogP contribution in [0.25, 0.3) is 0 Å². The summed E-state index contributed by atoms with van der Waals surface area (Å²) in [5.41, 5.74) is 2.03. The molecule has 0 atom stereocenters. The highest BCUT2D eigenvalue weighted by atomic mass is 79.9. The number of amides is 1. The molecule has 0 aliphatic carbocycles. The first kappa shape index (κ1) is 19.7. The quantitative estimate of drug-likeness (QED) is 0.388. The molecule has 3 rings (SSSR count). The van der Waals surface area contributed by atoms with Crippen LogP contribution in [0.15, 0.2) is 64.4 Å². The van der Waals surface area contributed by atoms with Crippen LogP contribution in [-0.4, -0.2) is 23.0 Å². The highest BCUT2D eigenvalue weighted by Crippen LogP contribution is 2.24. The fourth-order valence-electron chi connectivity index (χ4n) is 2.17. The minimum absolute atomic E-state index is 0.277. The lowest BCUT2D eigenvalue weighted by Crippen LogP contribution is -2.15. The molecule has 138 valence electrons. The number of rotatable bonds is 6. The average molecular weight is 465 g/mol. The van der Waals surface area contributed by atoms with Gasteiger partial charge in [-0.15, -0.1) is 0 Å². The molecule has 0 spiro atoms. The molecule has 0 radical (unpaired) electrons. The number of benzene rings is 2. The van der Waals surface area contributed by atoms with Gasteiger partial charge in [0.1, 0.15) is 11.4 Å². The van der Waals surface area contributed by atoms with Gasteiger partial charge in [0.25, 0.3) is 5.91 Å². The molecule has 0 saturated carbocycles. The molecule has 0 unspecified atom stereocenters. The van der Waals surface area contributed by atoms with Gasteiger partial charge < -0.3 is 10.1 Å². The van der Waals surface area contributed by atoms with E-state index in [0.29, 0.717) is 26.1 Å². The maximum atomic E-state index is 12.6. The smallest absolute Gasteiger partial charge is 0.275 e. The van der Waals surface area contributed by atoms with Crippen LogP contribution in [0.4, 0.5) is 5.69 Å². The molecular weight excluding hydrogens is 450 g/mol. The van der Waals surface area contributed by atoms with Gasteiger partial charge in [0, 0.05) is 22.7 Å². The van der Waals surface area contributed by atoms with Crippen LogP contribution >= 0.6 is 39.3 Å². The summed E-state index contributed by atoms with van der Waals surface area (Å²) in [6, 6.07) is 14.7. The Bertz CT molecular complexity index is 937. The molecule has 0 fully saturated rings. The van der Waals surface area contributed by atoms with Crippen LogP contribution in [-0.2, 0) is 5.75 Å². The summed E-state index contributed by atoms with van der Waals surface area (Å²) in [4.78, 5) is 21.2. The lowest BCUT2D eigenvalue weighted by molar-refractivity contribution is 0.102. The fourth-order valence-corrected chi connectivity index (χ4v) is 3.44. The Hall–Kier alpha value is -2.09. The highest BCUT2D eigenvalue weighted by Gasteiger charge is 2.14. The molecule has 5 nitrogen and oxygen atoms in total. The van der Waals surface area contributed by atoms with Crippen molar-refractivity contribution in [3.8, 4) is 5.75 Å². The third-order valence-electron chi connectivity index (χ3n) is 3.57. The van der Waals surface area contributed by atoms with Gasteiger partial charge in [0.15, 0.2) is 5.16 Å². The van der Waals surface area contributed by atoms with E-state index in [4.69, 9.17) is 16.3 Å². The normalized spacial score (nSPS) is 10.5. The molecule has 1 heterocycles. The Labute approximate surface area is 174 Å². The number of aromatic nitrogens is 2. The van der Waals surface area contributed by atoms with Crippen molar-refractivity contribution in [2.75, 3.05) is 12.4 Å². The van der Waals surface area contributed by atoms with Crippen molar-refractivity contribution in [2.24, 2.45) is 0 Å². The minimum Gasteiger partial charge on any atom is -0.497 e. The van der Waals surface area contributed by atoms with Gasteiger partial charge in [-0.25, -0.2) is 9.97 Å². The summed E-state index contributed by atoms with van der Waals surface area (Å²) in [6.45, 7) is 0. The monoisotopic (exact) mass is 463 g/mol. The predicted octanol–water partition coefficient (Wildman–Crippen LogP) is 5.45. The van der Waals surface area contributed by atoms with E-state index in [1.54, 1.807) is 37.6 Å². The summed E-state index contributed by atoms with van der Waals surface area (Å²) in [5, 5.41) is 4.04. The maximum absolute atomic E-state index is 12.6. The van der Waals surface area contributed by atoms with E-state index in [0.717, 1.165) is 11.3 Å². The third-order valence-corrected chi connectivity index (χ3v) is 5.33. The first-order chi connectivity index (χ1) is 13.0. The summed E-state index contributed by atoms with van der Waals surface area (Å²) in [7, 11) is 1.59. The van der Waals surface area contributed by atoms with E-state index in [1.165, 1.54) is 11.8 Å². The van der Waals surface area contributed by atoms with E-state index in [1.807, 2.05) is 24.3 Å². The Morgan fingerprint density at radius 3 is 2.56 bits per heavy atom. The molecular formula is C19H15BrClN3O2S. The zero-order valence-electron chi connectivity index (χ0n) is 14.3. The lowest BCUT2D eigenvalue weighted by atomic mass is 10.2. The minimum atomic E-state index is -0.317. The standard InChI is InChI=1S/C19H15BrClN3O2S/c1-26-15-8-6-14(7-9-15)23-18(25)17-16(20)10-22-19(24-17)27-11-12-2-4-13(21)5-3-12/h2-10H,11H2,1H3,(H,23,25). The Balaban J connectivity index is 1.69. The van der Waals surface area contributed by atoms with Crippen LogP contribution in [0, 0.1) is 0 Å². The number of carbonyl (C=O) groups is 1. The highest BCUT2D eigenvalue weighted by molar-refractivity contribution is 9.10. The van der Waals surface area contributed by atoms with Gasteiger partial charge in [0.2, 0.25) is 0 Å². The van der Waals surface area contributed by atoms with E-state index in [9.17, 15) is 4.79 Å². The number of methoxy groups -OCH3 is 1. The van der Waals surface area contributed by atoms with Crippen molar-refractivity contribution in [3.63, 3.8) is 0 Å². The first-order valence-corrected chi connectivity index (χ1v) is 10.1. The van der Waals surface area contributed by atoms with E-state index in [2.05, 4.69) is 31.2 Å². The van der Waals surface area contributed by atoms with Crippen LogP contribution < -0.4 is 10.1 Å². The van der Waals surface area contributed by atoms with Gasteiger partial charge in [-0.3, -0.25) is 4.79 Å². The number of ether oxygens (including phenoxy) is 1. The predicted molar refractivity (Wildman–Crippen MR) is 112 cm³/mol. The van der Waals surface area contributed by atoms with Crippen LogP contribution in [0.5, 0.6) is 5.75 Å². The largest absolute Gasteiger partial charge is 0.497 e. The number of hydrogen-bond acceptors (Lipinski definition) is 5. The van der Waals surface area contributed by atoms with Crippen molar-refractivity contribution in [2.45, 2.75) is 10.9 Å². The second kappa shape index (κ2) is 9.21. The molecule has 1 N–H and O–H groups in total. The van der Waals surface area contributed by atoms with E-state index >= 15 is 0 Å². The summed E-state index contributed by atoms with van der Waals surface area (Å²) >= 11 is 10.7. The van der Waals surface area contributed by atoms with Crippen LogP contribution in [0.3, 0.4) is 0 Å². The van der Waals surface area contributed by atoms with Gasteiger partial charge in [-0.05, 0) is 57.9 Å². The Morgan fingerprint density at radius 1 is 1.19 bits per heavy atom. The summed E-state index contributed by atoms with van der Waals surface area (Å²) < 4.78 is 5.64. The molecule has 8 heteroatoms. The van der Waals surface area contributed by atoms with Crippen molar-refractivity contribution < 1.29 is 9.53 Å². The van der Waals surface area contributed by atoms with E-state index < -0.39 is 0 Å². The molecule has 0 aliphatic rings. The van der Waals surface area contributed by atoms with Crippen LogP contribution in [0.2, 0.25) is 5.02 Å². The molecule has 3 aromatic rings.